The fourth-order valence-electron chi connectivity index (χ4n) is 4.08. The van der Waals surface area contributed by atoms with Gasteiger partial charge in [0.1, 0.15) is 11.5 Å². The van der Waals surface area contributed by atoms with E-state index in [9.17, 15) is 9.59 Å². The Labute approximate surface area is 217 Å². The molecule has 188 valence electrons. The maximum atomic E-state index is 12.5. The van der Waals surface area contributed by atoms with Gasteiger partial charge in [-0.1, -0.05) is 44.5 Å². The molecule has 0 spiro atoms. The second-order valence-electron chi connectivity index (χ2n) is 10.1. The summed E-state index contributed by atoms with van der Waals surface area (Å²) in [5, 5.41) is 3.56. The molecule has 2 aromatic carbocycles. The molecule has 2 heterocycles. The Morgan fingerprint density at radius 3 is 2.31 bits per heavy atom. The minimum Gasteiger partial charge on any atom is -0.457 e. The lowest BCUT2D eigenvalue weighted by Gasteiger charge is -2.38. The Balaban J connectivity index is 1.30. The maximum absolute atomic E-state index is 12.5. The summed E-state index contributed by atoms with van der Waals surface area (Å²) < 4.78 is 5.83. The van der Waals surface area contributed by atoms with Gasteiger partial charge in [0.05, 0.1) is 0 Å². The number of nitrogens with zero attached hydrogens (tertiary/aromatic N) is 2. The van der Waals surface area contributed by atoms with E-state index in [4.69, 9.17) is 16.0 Å². The summed E-state index contributed by atoms with van der Waals surface area (Å²) in [4.78, 5) is 29.1. The van der Waals surface area contributed by atoms with Gasteiger partial charge in [-0.05, 0) is 61.0 Å². The first-order chi connectivity index (χ1) is 17.1. The number of aryl methyl sites for hydroxylation is 1. The summed E-state index contributed by atoms with van der Waals surface area (Å²) in [5.74, 6) is 1.22. The van der Waals surface area contributed by atoms with Crippen molar-refractivity contribution in [3.63, 3.8) is 0 Å². The van der Waals surface area contributed by atoms with Gasteiger partial charge in [-0.3, -0.25) is 9.59 Å². The molecule has 1 saturated heterocycles. The predicted octanol–water partition coefficient (Wildman–Crippen LogP) is 6.26. The minimum absolute atomic E-state index is 0.193. The molecule has 7 heteroatoms. The highest BCUT2D eigenvalue weighted by Crippen LogP contribution is 2.27. The topological polar surface area (TPSA) is 65.8 Å². The number of benzene rings is 2. The average Bonchev–Trinajstić information content (AvgIpc) is 3.33. The van der Waals surface area contributed by atoms with E-state index in [0.29, 0.717) is 35.3 Å². The Morgan fingerprint density at radius 2 is 1.67 bits per heavy atom. The van der Waals surface area contributed by atoms with Gasteiger partial charge in [0.15, 0.2) is 0 Å². The smallest absolute Gasteiger partial charge is 0.248 e. The van der Waals surface area contributed by atoms with E-state index in [-0.39, 0.29) is 17.2 Å². The third kappa shape index (κ3) is 6.18. The molecule has 3 aromatic rings. The molecule has 0 aliphatic carbocycles. The molecule has 2 amide bonds. The van der Waals surface area contributed by atoms with Crippen molar-refractivity contribution >= 4 is 40.9 Å². The monoisotopic (exact) mass is 505 g/mol. The number of furan rings is 1. The van der Waals surface area contributed by atoms with Crippen molar-refractivity contribution in [3.8, 4) is 11.3 Å². The van der Waals surface area contributed by atoms with Gasteiger partial charge in [0.25, 0.3) is 0 Å². The molecule has 0 atom stereocenters. The van der Waals surface area contributed by atoms with E-state index < -0.39 is 0 Å². The van der Waals surface area contributed by atoms with Crippen molar-refractivity contribution in [1.82, 2.24) is 4.90 Å². The van der Waals surface area contributed by atoms with Gasteiger partial charge < -0.3 is 19.5 Å². The van der Waals surface area contributed by atoms with Crippen LogP contribution < -0.4 is 10.2 Å². The van der Waals surface area contributed by atoms with E-state index in [1.807, 2.05) is 87.2 Å². The third-order valence-corrected chi connectivity index (χ3v) is 6.60. The predicted molar refractivity (Wildman–Crippen MR) is 146 cm³/mol. The summed E-state index contributed by atoms with van der Waals surface area (Å²) in [6.45, 7) is 10.8. The van der Waals surface area contributed by atoms with E-state index in [1.165, 1.54) is 6.08 Å². The van der Waals surface area contributed by atoms with E-state index >= 15 is 0 Å². The number of carbonyl (C=O) groups is 2. The van der Waals surface area contributed by atoms with E-state index in [1.54, 1.807) is 6.08 Å². The molecule has 1 aromatic heterocycles. The average molecular weight is 506 g/mol. The van der Waals surface area contributed by atoms with Gasteiger partial charge in [-0.25, -0.2) is 0 Å². The van der Waals surface area contributed by atoms with Crippen LogP contribution in [0.3, 0.4) is 0 Å². The van der Waals surface area contributed by atoms with Crippen LogP contribution in [0, 0.1) is 12.3 Å². The zero-order valence-corrected chi connectivity index (χ0v) is 21.9. The van der Waals surface area contributed by atoms with E-state index in [0.717, 1.165) is 29.9 Å². The summed E-state index contributed by atoms with van der Waals surface area (Å²) in [6.07, 6.45) is 3.09. The Morgan fingerprint density at radius 1 is 0.972 bits per heavy atom. The molecule has 0 bridgehead atoms. The minimum atomic E-state index is -0.356. The highest BCUT2D eigenvalue weighted by molar-refractivity contribution is 6.31. The highest BCUT2D eigenvalue weighted by Gasteiger charge is 2.29. The summed E-state index contributed by atoms with van der Waals surface area (Å²) >= 11 is 6.21. The van der Waals surface area contributed by atoms with Crippen molar-refractivity contribution in [2.45, 2.75) is 27.7 Å². The summed E-state index contributed by atoms with van der Waals surface area (Å²) in [5.41, 5.74) is 3.32. The molecule has 0 unspecified atom stereocenters. The molecule has 0 radical (unpaired) electrons. The first-order valence-corrected chi connectivity index (χ1v) is 12.5. The number of amides is 2. The molecule has 1 aliphatic rings. The van der Waals surface area contributed by atoms with Gasteiger partial charge in [0, 0.05) is 59.6 Å². The van der Waals surface area contributed by atoms with Crippen LogP contribution in [0.5, 0.6) is 0 Å². The Bertz CT molecular complexity index is 1260. The van der Waals surface area contributed by atoms with Crippen molar-refractivity contribution < 1.29 is 14.0 Å². The fourth-order valence-corrected chi connectivity index (χ4v) is 4.26. The number of hydrogen-bond donors (Lipinski definition) is 1. The van der Waals surface area contributed by atoms with Gasteiger partial charge in [-0.2, -0.15) is 0 Å². The molecule has 36 heavy (non-hydrogen) atoms. The number of hydrogen-bond acceptors (Lipinski definition) is 4. The first kappa shape index (κ1) is 25.6. The van der Waals surface area contributed by atoms with Gasteiger partial charge >= 0.3 is 0 Å². The largest absolute Gasteiger partial charge is 0.457 e. The van der Waals surface area contributed by atoms with Crippen molar-refractivity contribution in [2.75, 3.05) is 36.4 Å². The molecule has 4 rings (SSSR count). The van der Waals surface area contributed by atoms with Crippen LogP contribution in [0.15, 0.2) is 65.1 Å². The SMILES string of the molecule is Cc1ccc(-c2ccc(/C=C/C(=O)Nc3ccc(N4CCN(C(=O)C(C)(C)C)CC4)cc3)o2)cc1Cl. The van der Waals surface area contributed by atoms with Crippen molar-refractivity contribution in [2.24, 2.45) is 5.41 Å². The van der Waals surface area contributed by atoms with Gasteiger partial charge in [-0.15, -0.1) is 0 Å². The number of halogens is 1. The number of anilines is 2. The Kier molecular flexibility index (Phi) is 7.55. The van der Waals surface area contributed by atoms with Gasteiger partial charge in [0.2, 0.25) is 11.8 Å². The van der Waals surface area contributed by atoms with Crippen LogP contribution in [0.25, 0.3) is 17.4 Å². The number of piperazine rings is 1. The van der Waals surface area contributed by atoms with Crippen LogP contribution in [0.4, 0.5) is 11.4 Å². The van der Waals surface area contributed by atoms with Crippen LogP contribution in [-0.2, 0) is 9.59 Å². The normalized spacial score (nSPS) is 14.4. The van der Waals surface area contributed by atoms with E-state index in [2.05, 4.69) is 10.2 Å². The zero-order chi connectivity index (χ0) is 25.9. The lowest BCUT2D eigenvalue weighted by atomic mass is 9.94. The number of rotatable bonds is 5. The molecule has 1 fully saturated rings. The standard InChI is InChI=1S/C29H32ClN3O3/c1-20-5-6-21(19-25(20)30)26-13-11-24(36-26)12-14-27(34)31-22-7-9-23(10-8-22)32-15-17-33(18-16-32)28(35)29(2,3)4/h5-14,19H,15-18H2,1-4H3,(H,31,34)/b14-12+. The Hall–Kier alpha value is -3.51. The van der Waals surface area contributed by atoms with Crippen LogP contribution in [-0.4, -0.2) is 42.9 Å². The van der Waals surface area contributed by atoms with Crippen LogP contribution >= 0.6 is 11.6 Å². The molecule has 1 aliphatic heterocycles. The van der Waals surface area contributed by atoms with Crippen molar-refractivity contribution in [3.05, 3.63) is 77.0 Å². The van der Waals surface area contributed by atoms with Crippen LogP contribution in [0.2, 0.25) is 5.02 Å². The van der Waals surface area contributed by atoms with Crippen LogP contribution in [0.1, 0.15) is 32.1 Å². The summed E-state index contributed by atoms with van der Waals surface area (Å²) in [7, 11) is 0. The quantitative estimate of drug-likeness (QED) is 0.416. The zero-order valence-electron chi connectivity index (χ0n) is 21.2. The van der Waals surface area contributed by atoms with Crippen molar-refractivity contribution in [1.29, 1.82) is 0 Å². The maximum Gasteiger partial charge on any atom is 0.248 e. The lowest BCUT2D eigenvalue weighted by molar-refractivity contribution is -0.139. The molecule has 6 nitrogen and oxygen atoms in total. The lowest BCUT2D eigenvalue weighted by Crippen LogP contribution is -2.51. The molecular formula is C29H32ClN3O3. The number of carbonyl (C=O) groups excluding carboxylic acids is 2. The second kappa shape index (κ2) is 10.6. The summed E-state index contributed by atoms with van der Waals surface area (Å²) in [6, 6.07) is 17.2. The molecule has 0 saturated carbocycles. The first-order valence-electron chi connectivity index (χ1n) is 12.1. The highest BCUT2D eigenvalue weighted by atomic mass is 35.5. The molecule has 1 N–H and O–H groups in total. The molecular weight excluding hydrogens is 474 g/mol. The second-order valence-corrected chi connectivity index (χ2v) is 10.5. The third-order valence-electron chi connectivity index (χ3n) is 6.19. The fraction of sp³-hybridized carbons (Fsp3) is 0.310. The number of nitrogens with one attached hydrogen (secondary N) is 1.